The SMILES string of the molecule is C=C(C)CNC(N)=NCc1nncn1CC.I. The maximum atomic E-state index is 5.67. The van der Waals surface area contributed by atoms with E-state index in [9.17, 15) is 0 Å². The van der Waals surface area contributed by atoms with Crippen molar-refractivity contribution in [2.24, 2.45) is 10.7 Å². The molecular formula is C10H19IN6. The average molecular weight is 350 g/mol. The lowest BCUT2D eigenvalue weighted by atomic mass is 10.3. The van der Waals surface area contributed by atoms with E-state index in [4.69, 9.17) is 5.73 Å². The van der Waals surface area contributed by atoms with Crippen LogP contribution in [-0.4, -0.2) is 27.3 Å². The van der Waals surface area contributed by atoms with Crippen LogP contribution < -0.4 is 11.1 Å². The Labute approximate surface area is 118 Å². The highest BCUT2D eigenvalue weighted by Crippen LogP contribution is 1.96. The molecule has 0 saturated carbocycles. The molecule has 0 radical (unpaired) electrons. The van der Waals surface area contributed by atoms with Gasteiger partial charge in [0.2, 0.25) is 0 Å². The van der Waals surface area contributed by atoms with E-state index in [-0.39, 0.29) is 24.0 Å². The van der Waals surface area contributed by atoms with Gasteiger partial charge >= 0.3 is 0 Å². The number of guanidine groups is 1. The second-order valence-electron chi connectivity index (χ2n) is 3.55. The number of aryl methyl sites for hydroxylation is 1. The van der Waals surface area contributed by atoms with Crippen LogP contribution in [0.1, 0.15) is 19.7 Å². The molecule has 17 heavy (non-hydrogen) atoms. The van der Waals surface area contributed by atoms with Crippen molar-refractivity contribution in [1.82, 2.24) is 20.1 Å². The average Bonchev–Trinajstić information content (AvgIpc) is 2.70. The number of nitrogens with two attached hydrogens (primary N) is 1. The molecule has 0 spiro atoms. The van der Waals surface area contributed by atoms with E-state index in [1.165, 1.54) is 0 Å². The van der Waals surface area contributed by atoms with Crippen molar-refractivity contribution in [3.63, 3.8) is 0 Å². The summed E-state index contributed by atoms with van der Waals surface area (Å²) in [7, 11) is 0. The highest BCUT2D eigenvalue weighted by Gasteiger charge is 2.01. The molecule has 3 N–H and O–H groups in total. The molecule has 0 aliphatic carbocycles. The smallest absolute Gasteiger partial charge is 0.189 e. The van der Waals surface area contributed by atoms with Crippen LogP contribution in [0.4, 0.5) is 0 Å². The van der Waals surface area contributed by atoms with Gasteiger partial charge in [0.1, 0.15) is 12.9 Å². The molecule has 1 heterocycles. The Morgan fingerprint density at radius 2 is 2.35 bits per heavy atom. The number of aromatic nitrogens is 3. The summed E-state index contributed by atoms with van der Waals surface area (Å²) in [5, 5.41) is 10.7. The minimum atomic E-state index is 0. The Kier molecular flexibility index (Phi) is 7.51. The zero-order valence-electron chi connectivity index (χ0n) is 10.2. The van der Waals surface area contributed by atoms with Crippen molar-refractivity contribution in [2.75, 3.05) is 6.54 Å². The van der Waals surface area contributed by atoms with Gasteiger partial charge in [-0.15, -0.1) is 34.2 Å². The standard InChI is InChI=1S/C10H18N6.HI/c1-4-16-7-14-15-9(16)6-13-10(11)12-5-8(2)3;/h7H,2,4-6H2,1,3H3,(H3,11,12,13);1H. The number of halogens is 1. The third kappa shape index (κ3) is 5.66. The Bertz CT molecular complexity index is 384. The second kappa shape index (κ2) is 8.04. The normalized spacial score (nSPS) is 10.8. The van der Waals surface area contributed by atoms with Gasteiger partial charge in [-0.2, -0.15) is 0 Å². The van der Waals surface area contributed by atoms with Crippen molar-refractivity contribution in [2.45, 2.75) is 26.9 Å². The lowest BCUT2D eigenvalue weighted by molar-refractivity contribution is 0.697. The molecule has 1 aromatic heterocycles. The van der Waals surface area contributed by atoms with E-state index >= 15 is 0 Å². The first-order valence-electron chi connectivity index (χ1n) is 5.18. The molecule has 0 amide bonds. The predicted octanol–water partition coefficient (Wildman–Crippen LogP) is 0.896. The Balaban J connectivity index is 0.00000256. The minimum absolute atomic E-state index is 0. The largest absolute Gasteiger partial charge is 0.370 e. The van der Waals surface area contributed by atoms with Gasteiger partial charge in [0.25, 0.3) is 0 Å². The highest BCUT2D eigenvalue weighted by molar-refractivity contribution is 14.0. The zero-order valence-corrected chi connectivity index (χ0v) is 12.5. The van der Waals surface area contributed by atoms with Crippen LogP contribution in [0.3, 0.4) is 0 Å². The zero-order chi connectivity index (χ0) is 12.0. The Morgan fingerprint density at radius 3 is 2.94 bits per heavy atom. The molecule has 7 heteroatoms. The van der Waals surface area contributed by atoms with Crippen LogP contribution in [0, 0.1) is 0 Å². The monoisotopic (exact) mass is 350 g/mol. The minimum Gasteiger partial charge on any atom is -0.370 e. The van der Waals surface area contributed by atoms with Gasteiger partial charge in [0.15, 0.2) is 11.8 Å². The third-order valence-corrected chi connectivity index (χ3v) is 2.00. The van der Waals surface area contributed by atoms with E-state index in [2.05, 4.69) is 27.1 Å². The number of aliphatic imine (C=N–C) groups is 1. The summed E-state index contributed by atoms with van der Waals surface area (Å²) in [5.74, 6) is 1.20. The lowest BCUT2D eigenvalue weighted by Crippen LogP contribution is -2.32. The lowest BCUT2D eigenvalue weighted by Gasteiger charge is -2.05. The van der Waals surface area contributed by atoms with Crippen LogP contribution in [-0.2, 0) is 13.1 Å². The van der Waals surface area contributed by atoms with Crippen LogP contribution in [0.5, 0.6) is 0 Å². The van der Waals surface area contributed by atoms with Crippen LogP contribution in [0.15, 0.2) is 23.5 Å². The molecule has 0 aliphatic heterocycles. The first-order chi connectivity index (χ1) is 7.63. The molecule has 1 aromatic rings. The third-order valence-electron chi connectivity index (χ3n) is 2.00. The molecule has 0 atom stereocenters. The predicted molar refractivity (Wildman–Crippen MR) is 79.3 cm³/mol. The van der Waals surface area contributed by atoms with E-state index in [1.54, 1.807) is 6.33 Å². The van der Waals surface area contributed by atoms with Crippen molar-refractivity contribution in [3.05, 3.63) is 24.3 Å². The first-order valence-corrected chi connectivity index (χ1v) is 5.18. The number of nitrogens with one attached hydrogen (secondary N) is 1. The van der Waals surface area contributed by atoms with Crippen molar-refractivity contribution < 1.29 is 0 Å². The summed E-state index contributed by atoms with van der Waals surface area (Å²) in [6.07, 6.45) is 1.68. The molecule has 0 saturated heterocycles. The fraction of sp³-hybridized carbons (Fsp3) is 0.500. The quantitative estimate of drug-likeness (QED) is 0.358. The van der Waals surface area contributed by atoms with Crippen LogP contribution >= 0.6 is 24.0 Å². The summed E-state index contributed by atoms with van der Waals surface area (Å²) in [5.41, 5.74) is 6.68. The van der Waals surface area contributed by atoms with E-state index in [0.717, 1.165) is 17.9 Å². The summed E-state index contributed by atoms with van der Waals surface area (Å²) < 4.78 is 1.93. The molecule has 0 unspecified atom stereocenters. The molecule has 96 valence electrons. The van der Waals surface area contributed by atoms with Crippen molar-refractivity contribution in [3.8, 4) is 0 Å². The van der Waals surface area contributed by atoms with Gasteiger partial charge in [0, 0.05) is 13.1 Å². The van der Waals surface area contributed by atoms with E-state index in [0.29, 0.717) is 19.0 Å². The summed E-state index contributed by atoms with van der Waals surface area (Å²) in [6, 6.07) is 0. The molecule has 6 nitrogen and oxygen atoms in total. The van der Waals surface area contributed by atoms with Gasteiger partial charge < -0.3 is 15.6 Å². The Hall–Kier alpha value is -1.12. The van der Waals surface area contributed by atoms with Crippen LogP contribution in [0.2, 0.25) is 0 Å². The molecule has 0 aromatic carbocycles. The molecule has 0 fully saturated rings. The second-order valence-corrected chi connectivity index (χ2v) is 3.55. The summed E-state index contributed by atoms with van der Waals surface area (Å²) in [6.45, 7) is 9.62. The number of nitrogens with zero attached hydrogens (tertiary/aromatic N) is 4. The fourth-order valence-electron chi connectivity index (χ4n) is 1.12. The van der Waals surface area contributed by atoms with E-state index in [1.807, 2.05) is 18.4 Å². The topological polar surface area (TPSA) is 81.1 Å². The van der Waals surface area contributed by atoms with Gasteiger partial charge in [0.05, 0.1) is 0 Å². The molecule has 1 rings (SSSR count). The summed E-state index contributed by atoms with van der Waals surface area (Å²) >= 11 is 0. The fourth-order valence-corrected chi connectivity index (χ4v) is 1.12. The van der Waals surface area contributed by atoms with Crippen molar-refractivity contribution >= 4 is 29.9 Å². The van der Waals surface area contributed by atoms with E-state index < -0.39 is 0 Å². The van der Waals surface area contributed by atoms with Crippen molar-refractivity contribution in [1.29, 1.82) is 0 Å². The highest BCUT2D eigenvalue weighted by atomic mass is 127. The van der Waals surface area contributed by atoms with Gasteiger partial charge in [-0.1, -0.05) is 12.2 Å². The maximum absolute atomic E-state index is 5.67. The van der Waals surface area contributed by atoms with Crippen LogP contribution in [0.25, 0.3) is 0 Å². The number of rotatable bonds is 5. The van der Waals surface area contributed by atoms with Gasteiger partial charge in [-0.3, -0.25) is 0 Å². The maximum Gasteiger partial charge on any atom is 0.189 e. The number of hydrogen-bond donors (Lipinski definition) is 2. The summed E-state index contributed by atoms with van der Waals surface area (Å²) in [4.78, 5) is 4.17. The first kappa shape index (κ1) is 15.9. The van der Waals surface area contributed by atoms with Gasteiger partial charge in [-0.25, -0.2) is 4.99 Å². The Morgan fingerprint density at radius 1 is 1.65 bits per heavy atom. The van der Waals surface area contributed by atoms with Gasteiger partial charge in [-0.05, 0) is 13.8 Å². The molecule has 0 aliphatic rings. The molecule has 0 bridgehead atoms. The number of hydrogen-bond acceptors (Lipinski definition) is 3. The molecular weight excluding hydrogens is 331 g/mol.